The van der Waals surface area contributed by atoms with Crippen LogP contribution in [0.2, 0.25) is 0 Å². The highest BCUT2D eigenvalue weighted by atomic mass is 16.6. The van der Waals surface area contributed by atoms with E-state index in [2.05, 4.69) is 15.6 Å². The lowest BCUT2D eigenvalue weighted by Gasteiger charge is -2.29. The third-order valence-electron chi connectivity index (χ3n) is 6.05. The highest BCUT2D eigenvalue weighted by Gasteiger charge is 2.38. The Morgan fingerprint density at radius 1 is 1.07 bits per heavy atom. The van der Waals surface area contributed by atoms with Crippen LogP contribution in [0.5, 0.6) is 0 Å². The van der Waals surface area contributed by atoms with Gasteiger partial charge in [-0.2, -0.15) is 4.99 Å². The third kappa shape index (κ3) is 10.0. The number of imide groups is 1. The van der Waals surface area contributed by atoms with E-state index in [-0.39, 0.29) is 49.6 Å². The van der Waals surface area contributed by atoms with Crippen molar-refractivity contribution in [2.24, 2.45) is 16.6 Å². The Morgan fingerprint density at radius 3 is 2.38 bits per heavy atom. The zero-order valence-electron chi connectivity index (χ0n) is 23.4. The van der Waals surface area contributed by atoms with Crippen LogP contribution in [0, 0.1) is 5.92 Å². The number of likely N-dealkylation sites (tertiary alicyclic amines) is 1. The minimum absolute atomic E-state index is 0.0335. The summed E-state index contributed by atoms with van der Waals surface area (Å²) in [6.45, 7) is 6.35. The van der Waals surface area contributed by atoms with Crippen molar-refractivity contribution in [2.45, 2.75) is 52.1 Å². The van der Waals surface area contributed by atoms with E-state index in [0.717, 1.165) is 0 Å². The molecule has 0 radical (unpaired) electrons. The van der Waals surface area contributed by atoms with Crippen LogP contribution in [-0.2, 0) is 28.6 Å². The van der Waals surface area contributed by atoms with Gasteiger partial charge in [-0.25, -0.2) is 4.79 Å². The Kier molecular flexibility index (Phi) is 13.2. The summed E-state index contributed by atoms with van der Waals surface area (Å²) in [5.41, 5.74) is 6.39. The summed E-state index contributed by atoms with van der Waals surface area (Å²) in [6, 6.07) is 4.35. The fourth-order valence-corrected chi connectivity index (χ4v) is 4.13. The van der Waals surface area contributed by atoms with Crippen LogP contribution in [0.1, 0.15) is 56.0 Å². The molecule has 0 aromatic heterocycles. The zero-order valence-corrected chi connectivity index (χ0v) is 23.4. The van der Waals surface area contributed by atoms with Crippen LogP contribution in [0.15, 0.2) is 29.3 Å². The van der Waals surface area contributed by atoms with E-state index in [1.165, 1.54) is 36.3 Å². The number of nitrogens with zero attached hydrogens (tertiary/aromatic N) is 2. The molecule has 2 atom stereocenters. The first-order chi connectivity index (χ1) is 19.1. The quantitative estimate of drug-likeness (QED) is 0.103. The van der Waals surface area contributed by atoms with E-state index in [4.69, 9.17) is 19.9 Å². The van der Waals surface area contributed by atoms with Crippen molar-refractivity contribution in [2.75, 3.05) is 40.0 Å². The van der Waals surface area contributed by atoms with Gasteiger partial charge in [0.2, 0.25) is 11.8 Å². The lowest BCUT2D eigenvalue weighted by Crippen LogP contribution is -2.54. The number of hydrogen-bond donors (Lipinski definition) is 3. The summed E-state index contributed by atoms with van der Waals surface area (Å²) < 4.78 is 14.6. The molecule has 0 saturated carbocycles. The van der Waals surface area contributed by atoms with E-state index in [1.54, 1.807) is 6.92 Å². The molecule has 220 valence electrons. The SMILES string of the molecule is CCOC(=O)CN[C@H](CC(C)C)C(=O)N1CCC[C@H]1C(=O)NC(=O)c1ccc(C(N)=NC(=O)OCCOC)cc1. The number of esters is 1. The number of carbonyl (C=O) groups is 5. The van der Waals surface area contributed by atoms with E-state index < -0.39 is 36.0 Å². The van der Waals surface area contributed by atoms with Gasteiger partial charge in [0.15, 0.2) is 0 Å². The van der Waals surface area contributed by atoms with Gasteiger partial charge in [0.25, 0.3) is 5.91 Å². The standard InChI is InChI=1S/C27H39N5O8/c1-5-39-22(33)16-29-20(15-17(2)3)26(36)32-12-6-7-21(32)25(35)31-24(34)19-10-8-18(9-11-19)23(28)30-27(37)40-14-13-38-4/h8-11,17,20-21,29H,5-7,12-16H2,1-4H3,(H2,28,30,37)(H,31,34,35)/t20-,21+/m1/s1. The van der Waals surface area contributed by atoms with Crippen molar-refractivity contribution in [1.82, 2.24) is 15.5 Å². The second kappa shape index (κ2) is 16.3. The normalized spacial score (nSPS) is 16.0. The molecule has 0 spiro atoms. The van der Waals surface area contributed by atoms with Gasteiger partial charge >= 0.3 is 12.1 Å². The van der Waals surface area contributed by atoms with Crippen molar-refractivity contribution in [3.63, 3.8) is 0 Å². The summed E-state index contributed by atoms with van der Waals surface area (Å²) in [4.78, 5) is 67.7. The Bertz CT molecular complexity index is 1070. The first-order valence-corrected chi connectivity index (χ1v) is 13.2. The number of nitrogens with two attached hydrogens (primary N) is 1. The summed E-state index contributed by atoms with van der Waals surface area (Å²) in [5, 5.41) is 5.32. The largest absolute Gasteiger partial charge is 0.465 e. The van der Waals surface area contributed by atoms with Gasteiger partial charge in [0.1, 0.15) is 18.5 Å². The Labute approximate surface area is 233 Å². The number of ether oxygens (including phenoxy) is 3. The highest BCUT2D eigenvalue weighted by Crippen LogP contribution is 2.21. The van der Waals surface area contributed by atoms with Gasteiger partial charge in [-0.1, -0.05) is 26.0 Å². The topological polar surface area (TPSA) is 179 Å². The summed E-state index contributed by atoms with van der Waals surface area (Å²) in [6.07, 6.45) is 0.602. The van der Waals surface area contributed by atoms with Crippen molar-refractivity contribution < 1.29 is 38.2 Å². The van der Waals surface area contributed by atoms with Gasteiger partial charge in [-0.05, 0) is 44.2 Å². The number of amides is 4. The molecule has 1 aliphatic rings. The number of carbonyl (C=O) groups excluding carboxylic acids is 5. The van der Waals surface area contributed by atoms with Gasteiger partial charge < -0.3 is 24.8 Å². The minimum atomic E-state index is -0.871. The monoisotopic (exact) mass is 561 g/mol. The number of benzene rings is 1. The Morgan fingerprint density at radius 2 is 1.75 bits per heavy atom. The number of amidine groups is 1. The van der Waals surface area contributed by atoms with E-state index in [0.29, 0.717) is 31.4 Å². The van der Waals surface area contributed by atoms with Crippen molar-refractivity contribution in [3.8, 4) is 0 Å². The lowest BCUT2D eigenvalue weighted by molar-refractivity contribution is -0.143. The fraction of sp³-hybridized carbons (Fsp3) is 0.556. The molecule has 1 aromatic rings. The number of methoxy groups -OCH3 is 1. The third-order valence-corrected chi connectivity index (χ3v) is 6.05. The van der Waals surface area contributed by atoms with Crippen molar-refractivity contribution >= 4 is 35.6 Å². The highest BCUT2D eigenvalue weighted by molar-refractivity contribution is 6.08. The first kappa shape index (κ1) is 32.4. The number of hydrogen-bond acceptors (Lipinski definition) is 9. The molecule has 1 saturated heterocycles. The predicted molar refractivity (Wildman–Crippen MR) is 145 cm³/mol. The Hall–Kier alpha value is -3.84. The van der Waals surface area contributed by atoms with Crippen LogP contribution >= 0.6 is 0 Å². The maximum absolute atomic E-state index is 13.4. The van der Waals surface area contributed by atoms with E-state index in [1.807, 2.05) is 13.8 Å². The molecule has 4 N–H and O–H groups in total. The lowest BCUT2D eigenvalue weighted by atomic mass is 10.0. The maximum Gasteiger partial charge on any atom is 0.435 e. The molecule has 2 rings (SSSR count). The number of nitrogens with one attached hydrogen (secondary N) is 2. The van der Waals surface area contributed by atoms with Crippen LogP contribution in [-0.4, -0.2) is 92.6 Å². The van der Waals surface area contributed by atoms with Gasteiger partial charge in [0.05, 0.1) is 25.8 Å². The fourth-order valence-electron chi connectivity index (χ4n) is 4.13. The summed E-state index contributed by atoms with van der Waals surface area (Å²) in [5.74, 6) is -1.95. The van der Waals surface area contributed by atoms with Crippen LogP contribution < -0.4 is 16.4 Å². The number of rotatable bonds is 13. The van der Waals surface area contributed by atoms with Crippen LogP contribution in [0.3, 0.4) is 0 Å². The molecule has 0 unspecified atom stereocenters. The molecule has 1 heterocycles. The molecule has 13 heteroatoms. The molecule has 13 nitrogen and oxygen atoms in total. The van der Waals surface area contributed by atoms with E-state index in [9.17, 15) is 24.0 Å². The minimum Gasteiger partial charge on any atom is -0.465 e. The molecule has 1 fully saturated rings. The molecule has 4 amide bonds. The summed E-state index contributed by atoms with van der Waals surface area (Å²) >= 11 is 0. The van der Waals surface area contributed by atoms with Crippen molar-refractivity contribution in [1.29, 1.82) is 0 Å². The van der Waals surface area contributed by atoms with Gasteiger partial charge in [-0.3, -0.25) is 29.8 Å². The average molecular weight is 562 g/mol. The Balaban J connectivity index is 2.02. The summed E-state index contributed by atoms with van der Waals surface area (Å²) in [7, 11) is 1.47. The number of aliphatic imine (C=N–C) groups is 1. The molecule has 1 aromatic carbocycles. The molecular weight excluding hydrogens is 522 g/mol. The van der Waals surface area contributed by atoms with Crippen molar-refractivity contribution in [3.05, 3.63) is 35.4 Å². The molecule has 40 heavy (non-hydrogen) atoms. The second-order valence-corrected chi connectivity index (χ2v) is 9.56. The zero-order chi connectivity index (χ0) is 29.7. The van der Waals surface area contributed by atoms with Crippen LogP contribution in [0.4, 0.5) is 4.79 Å². The van der Waals surface area contributed by atoms with Gasteiger partial charge in [0, 0.05) is 24.8 Å². The second-order valence-electron chi connectivity index (χ2n) is 9.56. The molecule has 0 aliphatic carbocycles. The molecular formula is C27H39N5O8. The van der Waals surface area contributed by atoms with Crippen LogP contribution in [0.25, 0.3) is 0 Å². The molecule has 0 bridgehead atoms. The maximum atomic E-state index is 13.4. The predicted octanol–water partition coefficient (Wildman–Crippen LogP) is 0.990. The average Bonchev–Trinajstić information content (AvgIpc) is 3.41. The van der Waals surface area contributed by atoms with Gasteiger partial charge in [-0.15, -0.1) is 0 Å². The first-order valence-electron chi connectivity index (χ1n) is 13.2. The van der Waals surface area contributed by atoms with E-state index >= 15 is 0 Å². The molecule has 1 aliphatic heterocycles. The smallest absolute Gasteiger partial charge is 0.435 e.